The van der Waals surface area contributed by atoms with E-state index in [-0.39, 0.29) is 6.10 Å². The second kappa shape index (κ2) is 6.26. The van der Waals surface area contributed by atoms with E-state index < -0.39 is 12.3 Å². The Morgan fingerprint density at radius 1 is 1.26 bits per heavy atom. The fourth-order valence-corrected chi connectivity index (χ4v) is 2.47. The van der Waals surface area contributed by atoms with Gasteiger partial charge in [0.2, 0.25) is 12.3 Å². The molecule has 0 spiro atoms. The Bertz CT molecular complexity index is 418. The highest BCUT2D eigenvalue weighted by Gasteiger charge is 2.28. The molecule has 1 aromatic rings. The van der Waals surface area contributed by atoms with Crippen molar-refractivity contribution >= 4 is 0 Å². The van der Waals surface area contributed by atoms with Gasteiger partial charge < -0.3 is 4.74 Å². The molecule has 1 saturated carbocycles. The minimum absolute atomic E-state index is 0.00834. The summed E-state index contributed by atoms with van der Waals surface area (Å²) in [6, 6.07) is 1.84. The van der Waals surface area contributed by atoms with Gasteiger partial charge in [0, 0.05) is 17.7 Å². The molecule has 19 heavy (non-hydrogen) atoms. The van der Waals surface area contributed by atoms with Gasteiger partial charge in [0.1, 0.15) is 11.9 Å². The topological polar surface area (TPSA) is 35.0 Å². The second-order valence-electron chi connectivity index (χ2n) is 5.09. The molecule has 0 N–H and O–H groups in total. The van der Waals surface area contributed by atoms with Crippen molar-refractivity contribution in [2.45, 2.75) is 58.5 Å². The fraction of sp³-hybridized carbons (Fsp3) is 0.714. The Morgan fingerprint density at radius 3 is 2.53 bits per heavy atom. The molecule has 0 amide bonds. The summed E-state index contributed by atoms with van der Waals surface area (Å²) in [6.07, 6.45) is 1.07. The van der Waals surface area contributed by atoms with Crippen LogP contribution in [0.1, 0.15) is 44.1 Å². The number of nitrogens with zero attached hydrogens (tertiary/aromatic N) is 2. The lowest BCUT2D eigenvalue weighted by molar-refractivity contribution is 0.0282. The Labute approximate surface area is 112 Å². The summed E-state index contributed by atoms with van der Waals surface area (Å²) in [5, 5.41) is 0. The van der Waals surface area contributed by atoms with Crippen LogP contribution in [0, 0.1) is 12.8 Å². The van der Waals surface area contributed by atoms with Gasteiger partial charge in [-0.15, -0.1) is 0 Å². The first kappa shape index (κ1) is 14.2. The van der Waals surface area contributed by atoms with Crippen LogP contribution in [-0.2, 0) is 6.42 Å². The quantitative estimate of drug-likeness (QED) is 0.839. The molecule has 0 radical (unpaired) electrons. The van der Waals surface area contributed by atoms with Gasteiger partial charge in [-0.1, -0.05) is 6.92 Å². The minimum atomic E-state index is -2.20. The number of aryl methyl sites for hydroxylation is 2. The van der Waals surface area contributed by atoms with Crippen LogP contribution in [0.15, 0.2) is 6.07 Å². The van der Waals surface area contributed by atoms with Gasteiger partial charge >= 0.3 is 0 Å². The lowest BCUT2D eigenvalue weighted by atomic mass is 9.88. The zero-order chi connectivity index (χ0) is 13.8. The number of hydrogen-bond acceptors (Lipinski definition) is 3. The van der Waals surface area contributed by atoms with Crippen molar-refractivity contribution in [2.75, 3.05) is 0 Å². The van der Waals surface area contributed by atoms with Crippen LogP contribution < -0.4 is 4.74 Å². The summed E-state index contributed by atoms with van der Waals surface area (Å²) in [7, 11) is 0. The number of ether oxygens (including phenoxy) is 1. The molecule has 3 nitrogen and oxygen atoms in total. The zero-order valence-electron chi connectivity index (χ0n) is 11.4. The van der Waals surface area contributed by atoms with Crippen LogP contribution in [0.3, 0.4) is 0 Å². The van der Waals surface area contributed by atoms with Crippen LogP contribution >= 0.6 is 0 Å². The smallest absolute Gasteiger partial charge is 0.241 e. The molecule has 1 aromatic heterocycles. The van der Waals surface area contributed by atoms with Crippen molar-refractivity contribution in [1.29, 1.82) is 0 Å². The van der Waals surface area contributed by atoms with Gasteiger partial charge in [-0.2, -0.15) is 4.98 Å². The van der Waals surface area contributed by atoms with Crippen LogP contribution in [-0.4, -0.2) is 22.5 Å². The van der Waals surface area contributed by atoms with Gasteiger partial charge in [0.15, 0.2) is 0 Å². The lowest BCUT2D eigenvalue weighted by Crippen LogP contribution is -2.27. The lowest BCUT2D eigenvalue weighted by Gasteiger charge is -2.28. The SMILES string of the molecule is CCc1cc(OC2CCC(C(F)F)CC2)nc(C)n1. The maximum Gasteiger partial charge on any atom is 0.241 e. The van der Waals surface area contributed by atoms with Crippen molar-refractivity contribution in [3.8, 4) is 5.88 Å². The zero-order valence-corrected chi connectivity index (χ0v) is 11.4. The summed E-state index contributed by atoms with van der Waals surface area (Å²) in [5.74, 6) is 0.804. The van der Waals surface area contributed by atoms with Crippen molar-refractivity contribution in [3.63, 3.8) is 0 Å². The molecule has 0 saturated heterocycles. The largest absolute Gasteiger partial charge is 0.474 e. The Hall–Kier alpha value is -1.26. The molecular formula is C14H20F2N2O. The van der Waals surface area contributed by atoms with Gasteiger partial charge in [-0.25, -0.2) is 13.8 Å². The fourth-order valence-electron chi connectivity index (χ4n) is 2.47. The highest BCUT2D eigenvalue weighted by atomic mass is 19.3. The summed E-state index contributed by atoms with van der Waals surface area (Å²) >= 11 is 0. The van der Waals surface area contributed by atoms with E-state index in [1.54, 1.807) is 0 Å². The van der Waals surface area contributed by atoms with Crippen LogP contribution in [0.4, 0.5) is 8.78 Å². The molecule has 1 aliphatic carbocycles. The summed E-state index contributed by atoms with van der Waals surface area (Å²) in [5.41, 5.74) is 0.948. The molecule has 106 valence electrons. The summed E-state index contributed by atoms with van der Waals surface area (Å²) in [6.45, 7) is 3.86. The van der Waals surface area contributed by atoms with Crippen molar-refractivity contribution in [3.05, 3.63) is 17.6 Å². The predicted octanol–water partition coefficient (Wildman–Crippen LogP) is 3.55. The van der Waals surface area contributed by atoms with E-state index in [1.165, 1.54) is 0 Å². The average molecular weight is 270 g/mol. The van der Waals surface area contributed by atoms with Gasteiger partial charge in [-0.05, 0) is 39.0 Å². The molecule has 1 aliphatic rings. The Balaban J connectivity index is 1.93. The molecule has 1 heterocycles. The first-order chi connectivity index (χ1) is 9.08. The van der Waals surface area contributed by atoms with E-state index in [0.717, 1.165) is 12.1 Å². The first-order valence-corrected chi connectivity index (χ1v) is 6.88. The number of rotatable bonds is 4. The van der Waals surface area contributed by atoms with Crippen molar-refractivity contribution < 1.29 is 13.5 Å². The summed E-state index contributed by atoms with van der Waals surface area (Å²) < 4.78 is 30.9. The molecule has 0 unspecified atom stereocenters. The number of aromatic nitrogens is 2. The molecule has 1 fully saturated rings. The third kappa shape index (κ3) is 3.85. The van der Waals surface area contributed by atoms with E-state index >= 15 is 0 Å². The third-order valence-electron chi connectivity index (χ3n) is 3.59. The van der Waals surface area contributed by atoms with Gasteiger partial charge in [0.25, 0.3) is 0 Å². The average Bonchev–Trinajstić information content (AvgIpc) is 2.38. The molecule has 0 aromatic carbocycles. The molecule has 2 rings (SSSR count). The number of hydrogen-bond donors (Lipinski definition) is 0. The minimum Gasteiger partial charge on any atom is -0.474 e. The van der Waals surface area contributed by atoms with Gasteiger partial charge in [-0.3, -0.25) is 0 Å². The van der Waals surface area contributed by atoms with Crippen LogP contribution in [0.25, 0.3) is 0 Å². The van der Waals surface area contributed by atoms with E-state index in [0.29, 0.717) is 37.4 Å². The molecule has 0 bridgehead atoms. The highest BCUT2D eigenvalue weighted by molar-refractivity contribution is 5.16. The maximum atomic E-state index is 12.6. The van der Waals surface area contributed by atoms with Crippen LogP contribution in [0.5, 0.6) is 5.88 Å². The first-order valence-electron chi connectivity index (χ1n) is 6.88. The summed E-state index contributed by atoms with van der Waals surface area (Å²) in [4.78, 5) is 8.54. The van der Waals surface area contributed by atoms with Crippen LogP contribution in [0.2, 0.25) is 0 Å². The highest BCUT2D eigenvalue weighted by Crippen LogP contribution is 2.31. The van der Waals surface area contributed by atoms with E-state index in [9.17, 15) is 8.78 Å². The number of alkyl halides is 2. The van der Waals surface area contributed by atoms with Crippen molar-refractivity contribution in [1.82, 2.24) is 9.97 Å². The normalized spacial score (nSPS) is 23.6. The maximum absolute atomic E-state index is 12.6. The molecule has 5 heteroatoms. The van der Waals surface area contributed by atoms with Crippen molar-refractivity contribution in [2.24, 2.45) is 5.92 Å². The van der Waals surface area contributed by atoms with E-state index in [4.69, 9.17) is 4.74 Å². The second-order valence-corrected chi connectivity index (χ2v) is 5.09. The Morgan fingerprint density at radius 2 is 1.95 bits per heavy atom. The molecular weight excluding hydrogens is 250 g/mol. The number of halogens is 2. The monoisotopic (exact) mass is 270 g/mol. The van der Waals surface area contributed by atoms with E-state index in [1.807, 2.05) is 19.9 Å². The van der Waals surface area contributed by atoms with Gasteiger partial charge in [0.05, 0.1) is 0 Å². The standard InChI is InChI=1S/C14H20F2N2O/c1-3-11-8-13(18-9(2)17-11)19-12-6-4-10(5-7-12)14(15)16/h8,10,12,14H,3-7H2,1-2H3. The molecule has 0 atom stereocenters. The molecule has 0 aliphatic heterocycles. The van der Waals surface area contributed by atoms with E-state index in [2.05, 4.69) is 9.97 Å². The predicted molar refractivity (Wildman–Crippen MR) is 68.5 cm³/mol. The Kier molecular flexibility index (Phi) is 4.66. The third-order valence-corrected chi connectivity index (χ3v) is 3.59.